The summed E-state index contributed by atoms with van der Waals surface area (Å²) in [6.45, 7) is 4.19. The molecule has 3 heterocycles. The van der Waals surface area contributed by atoms with Crippen LogP contribution in [0.3, 0.4) is 0 Å². The molecule has 1 aromatic carbocycles. The molecule has 1 fully saturated rings. The summed E-state index contributed by atoms with van der Waals surface area (Å²) in [7, 11) is 0. The van der Waals surface area contributed by atoms with Crippen LogP contribution in [0.2, 0.25) is 0 Å². The fourth-order valence-electron chi connectivity index (χ4n) is 4.38. The summed E-state index contributed by atoms with van der Waals surface area (Å²) >= 11 is 1.14. The molecule has 1 saturated heterocycles. The lowest BCUT2D eigenvalue weighted by Gasteiger charge is -2.34. The number of aliphatic hydroxyl groups excluding tert-OH is 1. The monoisotopic (exact) mass is 470 g/mol. The van der Waals surface area contributed by atoms with Gasteiger partial charge in [0.2, 0.25) is 0 Å². The first kappa shape index (κ1) is 23.3. The van der Waals surface area contributed by atoms with Gasteiger partial charge in [-0.3, -0.25) is 0 Å². The minimum Gasteiger partial charge on any atom is -0.508 e. The Bertz CT molecular complexity index is 1120. The van der Waals surface area contributed by atoms with E-state index in [2.05, 4.69) is 23.2 Å². The first-order valence-electron chi connectivity index (χ1n) is 11.3. The Balaban J connectivity index is 1.42. The second-order valence-electron chi connectivity index (χ2n) is 8.50. The molecule has 1 aliphatic heterocycles. The maximum atomic E-state index is 11.6. The first-order chi connectivity index (χ1) is 15.9. The van der Waals surface area contributed by atoms with E-state index >= 15 is 0 Å². The lowest BCUT2D eigenvalue weighted by atomic mass is 10.0. The fourth-order valence-corrected chi connectivity index (χ4v) is 5.35. The average molecular weight is 471 g/mol. The van der Waals surface area contributed by atoms with Crippen molar-refractivity contribution in [2.24, 2.45) is 0 Å². The van der Waals surface area contributed by atoms with Crippen LogP contribution in [0.4, 0.5) is 11.5 Å². The van der Waals surface area contributed by atoms with Gasteiger partial charge in [-0.15, -0.1) is 11.3 Å². The number of benzene rings is 1. The third kappa shape index (κ3) is 5.05. The molecule has 2 aromatic heterocycles. The van der Waals surface area contributed by atoms with Crippen LogP contribution >= 0.6 is 11.3 Å². The van der Waals surface area contributed by atoms with Gasteiger partial charge in [0.1, 0.15) is 21.3 Å². The van der Waals surface area contributed by atoms with Crippen LogP contribution in [-0.2, 0) is 6.42 Å². The Kier molecular flexibility index (Phi) is 7.02. The summed E-state index contributed by atoms with van der Waals surface area (Å²) < 4.78 is 0. The largest absolute Gasteiger partial charge is 0.508 e. The number of nitrogen functional groups attached to an aromatic ring is 1. The molecule has 1 atom stereocenters. The molecule has 4 rings (SSSR count). The number of thiophene rings is 1. The van der Waals surface area contributed by atoms with E-state index in [0.717, 1.165) is 72.4 Å². The van der Waals surface area contributed by atoms with E-state index in [0.29, 0.717) is 23.1 Å². The Labute approximate surface area is 196 Å². The number of carboxylic acid groups (broad SMARTS) is 1. The van der Waals surface area contributed by atoms with Crippen molar-refractivity contribution < 1.29 is 20.1 Å². The molecule has 0 spiro atoms. The molecule has 9 heteroatoms. The van der Waals surface area contributed by atoms with Crippen molar-refractivity contribution in [3.8, 4) is 5.75 Å². The number of phenols is 1. The summed E-state index contributed by atoms with van der Waals surface area (Å²) in [5, 5.41) is 33.5. The van der Waals surface area contributed by atoms with Crippen molar-refractivity contribution in [1.29, 1.82) is 0 Å². The number of aromatic hydroxyl groups is 1. The van der Waals surface area contributed by atoms with E-state index in [4.69, 9.17) is 10.7 Å². The van der Waals surface area contributed by atoms with Gasteiger partial charge >= 0.3 is 5.97 Å². The van der Waals surface area contributed by atoms with E-state index in [1.54, 1.807) is 24.3 Å². The summed E-state index contributed by atoms with van der Waals surface area (Å²) in [6, 6.07) is 8.97. The number of nitrogens with two attached hydrogens (primary N) is 1. The molecule has 1 aliphatic rings. The minimum absolute atomic E-state index is 0.155. The number of phenolic OH excluding ortho intramolecular Hbond substituents is 1. The van der Waals surface area contributed by atoms with Crippen LogP contribution < -0.4 is 16.0 Å². The van der Waals surface area contributed by atoms with Gasteiger partial charge in [0.15, 0.2) is 0 Å². The molecule has 6 N–H and O–H groups in total. The molecular weight excluding hydrogens is 440 g/mol. The second-order valence-corrected chi connectivity index (χ2v) is 9.50. The van der Waals surface area contributed by atoms with Gasteiger partial charge in [-0.1, -0.05) is 25.5 Å². The highest BCUT2D eigenvalue weighted by molar-refractivity contribution is 7.21. The number of nitrogens with zero attached hydrogens (tertiary/aromatic N) is 2. The summed E-state index contributed by atoms with van der Waals surface area (Å²) in [6.07, 6.45) is 2.96. The summed E-state index contributed by atoms with van der Waals surface area (Å²) in [4.78, 5) is 19.4. The Hall–Kier alpha value is -2.88. The van der Waals surface area contributed by atoms with Crippen LogP contribution in [0.25, 0.3) is 10.2 Å². The highest BCUT2D eigenvalue weighted by Crippen LogP contribution is 2.37. The average Bonchev–Trinajstić information content (AvgIpc) is 3.15. The van der Waals surface area contributed by atoms with Crippen LogP contribution in [0.5, 0.6) is 5.75 Å². The Morgan fingerprint density at radius 3 is 2.64 bits per heavy atom. The number of carbonyl (C=O) groups is 1. The number of pyridine rings is 1. The number of rotatable bonds is 8. The third-order valence-corrected chi connectivity index (χ3v) is 7.26. The molecule has 0 radical (unpaired) electrons. The van der Waals surface area contributed by atoms with E-state index in [1.165, 1.54) is 0 Å². The normalized spacial score (nSPS) is 15.8. The maximum Gasteiger partial charge on any atom is 0.348 e. The van der Waals surface area contributed by atoms with Gasteiger partial charge in [0.25, 0.3) is 0 Å². The second kappa shape index (κ2) is 9.94. The topological polar surface area (TPSA) is 132 Å². The van der Waals surface area contributed by atoms with Crippen molar-refractivity contribution in [3.05, 3.63) is 46.3 Å². The van der Waals surface area contributed by atoms with Gasteiger partial charge in [-0.05, 0) is 48.6 Å². The van der Waals surface area contributed by atoms with Gasteiger partial charge in [0, 0.05) is 31.1 Å². The number of anilines is 2. The number of aromatic nitrogens is 1. The molecule has 33 heavy (non-hydrogen) atoms. The van der Waals surface area contributed by atoms with E-state index < -0.39 is 12.1 Å². The van der Waals surface area contributed by atoms with Gasteiger partial charge in [-0.2, -0.15) is 0 Å². The van der Waals surface area contributed by atoms with Crippen molar-refractivity contribution >= 4 is 39.0 Å². The van der Waals surface area contributed by atoms with E-state index in [-0.39, 0.29) is 10.6 Å². The minimum atomic E-state index is -1.01. The molecule has 3 aromatic rings. The predicted octanol–water partition coefficient (Wildman–Crippen LogP) is 3.53. The summed E-state index contributed by atoms with van der Waals surface area (Å²) in [5.74, 6) is 0.0391. The Morgan fingerprint density at radius 2 is 2.00 bits per heavy atom. The molecule has 1 unspecified atom stereocenters. The number of piperidine rings is 1. The number of aromatic carboxylic acids is 1. The van der Waals surface area contributed by atoms with Crippen molar-refractivity contribution in [2.75, 3.05) is 30.3 Å². The Morgan fingerprint density at radius 1 is 1.30 bits per heavy atom. The third-order valence-electron chi connectivity index (χ3n) is 6.18. The quantitative estimate of drug-likeness (QED) is 0.338. The lowest BCUT2D eigenvalue weighted by molar-refractivity contribution is 0.0703. The standard InChI is InChI=1S/C24H30N4O4S/c1-2-3-15-12-19(27-23-20(15)21(25)22(33-23)24(31)32)28-10-8-16(9-11-28)26-13-18(30)14-4-6-17(29)7-5-14/h4-7,12,16,18,26,29-30H,2-3,8-11,13,25H2,1H3,(H,31,32). The van der Waals surface area contributed by atoms with E-state index in [1.807, 2.05) is 0 Å². The van der Waals surface area contributed by atoms with Crippen LogP contribution in [-0.4, -0.2) is 51.9 Å². The van der Waals surface area contributed by atoms with Crippen LogP contribution in [0, 0.1) is 0 Å². The molecule has 176 valence electrons. The molecule has 0 bridgehead atoms. The van der Waals surface area contributed by atoms with Crippen molar-refractivity contribution in [3.63, 3.8) is 0 Å². The van der Waals surface area contributed by atoms with Crippen molar-refractivity contribution in [2.45, 2.75) is 44.8 Å². The van der Waals surface area contributed by atoms with Gasteiger partial charge in [-0.25, -0.2) is 9.78 Å². The molecule has 0 saturated carbocycles. The number of carboxylic acids is 1. The zero-order chi connectivity index (χ0) is 23.5. The number of nitrogens with one attached hydrogen (secondary N) is 1. The molecule has 0 amide bonds. The van der Waals surface area contributed by atoms with Crippen LogP contribution in [0.15, 0.2) is 30.3 Å². The number of hydrogen-bond donors (Lipinski definition) is 5. The SMILES string of the molecule is CCCc1cc(N2CCC(NCC(O)c3ccc(O)cc3)CC2)nc2sc(C(=O)O)c(N)c12. The van der Waals surface area contributed by atoms with Crippen LogP contribution in [0.1, 0.15) is 53.1 Å². The lowest BCUT2D eigenvalue weighted by Crippen LogP contribution is -2.44. The van der Waals surface area contributed by atoms with Crippen molar-refractivity contribution in [1.82, 2.24) is 10.3 Å². The highest BCUT2D eigenvalue weighted by Gasteiger charge is 2.24. The zero-order valence-electron chi connectivity index (χ0n) is 18.6. The maximum absolute atomic E-state index is 11.6. The first-order valence-corrected chi connectivity index (χ1v) is 12.1. The highest BCUT2D eigenvalue weighted by atomic mass is 32.1. The molecule has 8 nitrogen and oxygen atoms in total. The number of aryl methyl sites for hydroxylation is 1. The van der Waals surface area contributed by atoms with E-state index in [9.17, 15) is 20.1 Å². The zero-order valence-corrected chi connectivity index (χ0v) is 19.4. The van der Waals surface area contributed by atoms with Gasteiger partial charge < -0.3 is 31.3 Å². The predicted molar refractivity (Wildman–Crippen MR) is 131 cm³/mol. The molecule has 0 aliphatic carbocycles. The van der Waals surface area contributed by atoms with Gasteiger partial charge in [0.05, 0.1) is 11.8 Å². The fraction of sp³-hybridized carbons (Fsp3) is 0.417. The smallest absolute Gasteiger partial charge is 0.348 e. The number of aliphatic hydroxyl groups is 1. The summed E-state index contributed by atoms with van der Waals surface area (Å²) in [5.41, 5.74) is 8.30. The number of hydrogen-bond acceptors (Lipinski definition) is 8. The number of fused-ring (bicyclic) bond motifs is 1. The molecular formula is C24H30N4O4S.